The van der Waals surface area contributed by atoms with E-state index < -0.39 is 0 Å². The number of rotatable bonds is 4. The van der Waals surface area contributed by atoms with Crippen molar-refractivity contribution in [3.8, 4) is 0 Å². The summed E-state index contributed by atoms with van der Waals surface area (Å²) >= 11 is 6.08. The van der Waals surface area contributed by atoms with E-state index in [1.165, 1.54) is 19.3 Å². The minimum atomic E-state index is -0.0458. The molecule has 0 spiro atoms. The van der Waals surface area contributed by atoms with Gasteiger partial charge in [0.05, 0.1) is 11.1 Å². The third-order valence-corrected chi connectivity index (χ3v) is 5.41. The van der Waals surface area contributed by atoms with Gasteiger partial charge in [0.25, 0.3) is 5.91 Å². The average Bonchev–Trinajstić information content (AvgIpc) is 3.05. The Kier molecular flexibility index (Phi) is 5.03. The molecule has 0 bridgehead atoms. The number of anilines is 2. The van der Waals surface area contributed by atoms with Crippen LogP contribution in [0.2, 0.25) is 5.02 Å². The van der Waals surface area contributed by atoms with Crippen LogP contribution in [0, 0.1) is 0 Å². The first-order chi connectivity index (χ1) is 13.1. The van der Waals surface area contributed by atoms with Crippen molar-refractivity contribution in [2.75, 3.05) is 5.32 Å². The number of amides is 1. The summed E-state index contributed by atoms with van der Waals surface area (Å²) in [5.41, 5.74) is 2.35. The first-order valence-electron chi connectivity index (χ1n) is 9.39. The van der Waals surface area contributed by atoms with Gasteiger partial charge in [-0.3, -0.25) is 4.79 Å². The lowest BCUT2D eigenvalue weighted by Gasteiger charge is -2.23. The van der Waals surface area contributed by atoms with Crippen LogP contribution in [0.4, 0.5) is 11.5 Å². The van der Waals surface area contributed by atoms with Crippen LogP contribution in [0.25, 0.3) is 10.9 Å². The molecule has 1 amide bonds. The van der Waals surface area contributed by atoms with Crippen LogP contribution in [-0.2, 0) is 7.05 Å². The molecule has 0 unspecified atom stereocenters. The highest BCUT2D eigenvalue weighted by atomic mass is 35.5. The van der Waals surface area contributed by atoms with E-state index in [1.807, 2.05) is 48.1 Å². The molecule has 5 nitrogen and oxygen atoms in total. The van der Waals surface area contributed by atoms with Crippen molar-refractivity contribution in [2.24, 2.45) is 7.05 Å². The van der Waals surface area contributed by atoms with Gasteiger partial charge in [-0.15, -0.1) is 0 Å². The molecular weight excluding hydrogens is 360 g/mol. The van der Waals surface area contributed by atoms with E-state index in [2.05, 4.69) is 15.6 Å². The molecule has 6 heteroatoms. The molecule has 1 aromatic carbocycles. The molecule has 2 N–H and O–H groups in total. The summed E-state index contributed by atoms with van der Waals surface area (Å²) < 4.78 is 1.97. The molecular formula is C21H23ClN4O. The van der Waals surface area contributed by atoms with Gasteiger partial charge in [0, 0.05) is 41.6 Å². The number of hydrogen-bond acceptors (Lipinski definition) is 3. The van der Waals surface area contributed by atoms with Crippen LogP contribution < -0.4 is 10.6 Å². The van der Waals surface area contributed by atoms with Gasteiger partial charge in [-0.2, -0.15) is 0 Å². The lowest BCUT2D eigenvalue weighted by atomic mass is 9.95. The predicted octanol–water partition coefficient (Wildman–Crippen LogP) is 5.03. The highest BCUT2D eigenvalue weighted by molar-refractivity contribution is 6.30. The molecule has 27 heavy (non-hydrogen) atoms. The van der Waals surface area contributed by atoms with Gasteiger partial charge >= 0.3 is 0 Å². The van der Waals surface area contributed by atoms with Crippen molar-refractivity contribution >= 4 is 39.9 Å². The van der Waals surface area contributed by atoms with Crippen molar-refractivity contribution in [3.63, 3.8) is 0 Å². The Morgan fingerprint density at radius 1 is 1.22 bits per heavy atom. The molecule has 0 atom stereocenters. The van der Waals surface area contributed by atoms with E-state index >= 15 is 0 Å². The Balaban J connectivity index is 1.65. The molecule has 0 radical (unpaired) electrons. The largest absolute Gasteiger partial charge is 0.350 e. The molecule has 1 fully saturated rings. The topological polar surface area (TPSA) is 59.0 Å². The third-order valence-electron chi connectivity index (χ3n) is 5.18. The fourth-order valence-electron chi connectivity index (χ4n) is 3.79. The molecule has 2 heterocycles. The molecule has 140 valence electrons. The SMILES string of the molecule is Cn1ccc2c(Nc3cccc(Cl)c3)ncc(C(=O)NC3CCCCC3)c21. The quantitative estimate of drug-likeness (QED) is 0.665. The van der Waals surface area contributed by atoms with Crippen molar-refractivity contribution < 1.29 is 4.79 Å². The molecule has 1 aliphatic rings. The number of carbonyl (C=O) groups excluding carboxylic acids is 1. The lowest BCUT2D eigenvalue weighted by molar-refractivity contribution is 0.0929. The van der Waals surface area contributed by atoms with Gasteiger partial charge in [0.1, 0.15) is 5.82 Å². The Bertz CT molecular complexity index is 975. The number of pyridine rings is 1. The molecule has 2 aromatic heterocycles. The van der Waals surface area contributed by atoms with Gasteiger partial charge in [-0.1, -0.05) is 36.9 Å². The highest BCUT2D eigenvalue weighted by Crippen LogP contribution is 2.29. The van der Waals surface area contributed by atoms with Crippen LogP contribution in [0.15, 0.2) is 42.7 Å². The van der Waals surface area contributed by atoms with Crippen LogP contribution in [0.1, 0.15) is 42.5 Å². The number of nitrogens with one attached hydrogen (secondary N) is 2. The summed E-state index contributed by atoms with van der Waals surface area (Å²) in [4.78, 5) is 17.4. The van der Waals surface area contributed by atoms with Crippen molar-refractivity contribution in [3.05, 3.63) is 53.3 Å². The maximum atomic E-state index is 12.9. The maximum Gasteiger partial charge on any atom is 0.255 e. The Hall–Kier alpha value is -2.53. The van der Waals surface area contributed by atoms with Gasteiger partial charge in [0.15, 0.2) is 0 Å². The zero-order valence-corrected chi connectivity index (χ0v) is 16.1. The highest BCUT2D eigenvalue weighted by Gasteiger charge is 2.20. The van der Waals surface area contributed by atoms with Crippen molar-refractivity contribution in [2.45, 2.75) is 38.1 Å². The smallest absolute Gasteiger partial charge is 0.255 e. The zero-order valence-electron chi connectivity index (χ0n) is 15.3. The molecule has 1 aliphatic carbocycles. The molecule has 1 saturated carbocycles. The minimum absolute atomic E-state index is 0.0458. The van der Waals surface area contributed by atoms with E-state index in [9.17, 15) is 4.79 Å². The van der Waals surface area contributed by atoms with Crippen LogP contribution >= 0.6 is 11.6 Å². The minimum Gasteiger partial charge on any atom is -0.350 e. The van der Waals surface area contributed by atoms with E-state index in [0.717, 1.165) is 29.4 Å². The Morgan fingerprint density at radius 3 is 2.81 bits per heavy atom. The van der Waals surface area contributed by atoms with Crippen LogP contribution in [-0.4, -0.2) is 21.5 Å². The van der Waals surface area contributed by atoms with E-state index in [0.29, 0.717) is 16.4 Å². The summed E-state index contributed by atoms with van der Waals surface area (Å²) in [5.74, 6) is 0.664. The van der Waals surface area contributed by atoms with Crippen LogP contribution in [0.5, 0.6) is 0 Å². The second-order valence-electron chi connectivity index (χ2n) is 7.15. The number of aryl methyl sites for hydroxylation is 1. The van der Waals surface area contributed by atoms with Gasteiger partial charge < -0.3 is 15.2 Å². The Labute approximate surface area is 163 Å². The van der Waals surface area contributed by atoms with Gasteiger partial charge in [0.2, 0.25) is 0 Å². The van der Waals surface area contributed by atoms with Crippen molar-refractivity contribution in [1.29, 1.82) is 0 Å². The Morgan fingerprint density at radius 2 is 2.04 bits per heavy atom. The average molecular weight is 383 g/mol. The van der Waals surface area contributed by atoms with Gasteiger partial charge in [-0.25, -0.2) is 4.98 Å². The third kappa shape index (κ3) is 3.78. The molecule has 0 aliphatic heterocycles. The number of benzene rings is 1. The number of hydrogen-bond donors (Lipinski definition) is 2. The lowest BCUT2D eigenvalue weighted by Crippen LogP contribution is -2.36. The summed E-state index contributed by atoms with van der Waals surface area (Å²) in [7, 11) is 1.95. The summed E-state index contributed by atoms with van der Waals surface area (Å²) in [5, 5.41) is 8.07. The zero-order chi connectivity index (χ0) is 18.8. The number of aromatic nitrogens is 2. The second kappa shape index (κ2) is 7.61. The summed E-state index contributed by atoms with van der Waals surface area (Å²) in [6.45, 7) is 0. The second-order valence-corrected chi connectivity index (χ2v) is 7.59. The number of nitrogens with zero attached hydrogens (tertiary/aromatic N) is 2. The van der Waals surface area contributed by atoms with E-state index in [4.69, 9.17) is 11.6 Å². The maximum absolute atomic E-state index is 12.9. The molecule has 4 rings (SSSR count). The number of carbonyl (C=O) groups is 1. The van der Waals surface area contributed by atoms with E-state index in [1.54, 1.807) is 6.20 Å². The van der Waals surface area contributed by atoms with Crippen molar-refractivity contribution in [1.82, 2.24) is 14.9 Å². The van der Waals surface area contributed by atoms with Gasteiger partial charge in [-0.05, 0) is 37.1 Å². The summed E-state index contributed by atoms with van der Waals surface area (Å²) in [6.07, 6.45) is 9.37. The molecule has 0 saturated heterocycles. The monoisotopic (exact) mass is 382 g/mol. The fraction of sp³-hybridized carbons (Fsp3) is 0.333. The molecule has 3 aromatic rings. The summed E-state index contributed by atoms with van der Waals surface area (Å²) in [6, 6.07) is 9.75. The predicted molar refractivity (Wildman–Crippen MR) is 110 cm³/mol. The van der Waals surface area contributed by atoms with E-state index in [-0.39, 0.29) is 11.9 Å². The first kappa shape index (κ1) is 17.9. The number of halogens is 1. The normalized spacial score (nSPS) is 15.0. The number of fused-ring (bicyclic) bond motifs is 1. The fourth-order valence-corrected chi connectivity index (χ4v) is 3.98. The first-order valence-corrected chi connectivity index (χ1v) is 9.77. The van der Waals surface area contributed by atoms with Crippen LogP contribution in [0.3, 0.4) is 0 Å². The standard InChI is InChI=1S/C21H23ClN4O/c1-26-11-10-17-19(26)18(21(27)25-15-7-3-2-4-8-15)13-23-20(17)24-16-9-5-6-14(22)12-16/h5-6,9-13,15H,2-4,7-8H2,1H3,(H,23,24)(H,25,27).